The number of hydrogen-bond donors (Lipinski definition) is 2. The van der Waals surface area contributed by atoms with Crippen molar-refractivity contribution in [3.05, 3.63) is 0 Å². The molecule has 0 bridgehead atoms. The Morgan fingerprint density at radius 2 is 1.90 bits per heavy atom. The van der Waals surface area contributed by atoms with Gasteiger partial charge in [-0.25, -0.2) is 0 Å². The van der Waals surface area contributed by atoms with Crippen LogP contribution in [-0.4, -0.2) is 33.1 Å². The Morgan fingerprint density at radius 3 is 2.43 bits per heavy atom. The van der Waals surface area contributed by atoms with E-state index in [-0.39, 0.29) is 12.3 Å². The molecule has 1 aliphatic heterocycles. The van der Waals surface area contributed by atoms with Crippen LogP contribution in [0.3, 0.4) is 0 Å². The molecular weight excluding hydrogens is 290 g/mol. The van der Waals surface area contributed by atoms with Gasteiger partial charge in [-0.2, -0.15) is 5.10 Å². The summed E-state index contributed by atoms with van der Waals surface area (Å²) in [5.41, 5.74) is 1.04. The molecule has 1 saturated heterocycles. The zero-order chi connectivity index (χ0) is 15.7. The molecule has 118 valence electrons. The maximum atomic E-state index is 11.6. The van der Waals surface area contributed by atoms with Crippen molar-refractivity contribution in [3.8, 4) is 0 Å². The smallest absolute Gasteiger partial charge is 0.305 e. The van der Waals surface area contributed by atoms with Crippen LogP contribution in [0.1, 0.15) is 58.8 Å². The van der Waals surface area contributed by atoms with Crippen LogP contribution in [0.2, 0.25) is 0 Å². The number of carbonyl (C=O) groups is 2. The summed E-state index contributed by atoms with van der Waals surface area (Å²) in [5, 5.41) is 19.4. The molecule has 6 nitrogen and oxygen atoms in total. The molecule has 1 amide bonds. The van der Waals surface area contributed by atoms with Gasteiger partial charge in [0, 0.05) is 5.71 Å². The van der Waals surface area contributed by atoms with Crippen molar-refractivity contribution in [2.75, 3.05) is 0 Å². The van der Waals surface area contributed by atoms with Gasteiger partial charge in [0.05, 0.1) is 6.42 Å². The predicted molar refractivity (Wildman–Crippen MR) is 85.7 cm³/mol. The molecule has 7 heteroatoms. The summed E-state index contributed by atoms with van der Waals surface area (Å²) in [5.74, 6) is -1.29. The van der Waals surface area contributed by atoms with E-state index in [1.807, 2.05) is 0 Å². The van der Waals surface area contributed by atoms with Crippen LogP contribution in [0.5, 0.6) is 0 Å². The minimum atomic E-state index is -0.987. The van der Waals surface area contributed by atoms with Crippen LogP contribution in [0.4, 0.5) is 0 Å². The molecular formula is C14H23N3O3S. The van der Waals surface area contributed by atoms with Crippen LogP contribution in [0.15, 0.2) is 10.2 Å². The number of nitrogens with one attached hydrogen (secondary N) is 1. The highest BCUT2D eigenvalue weighted by atomic mass is 32.2. The van der Waals surface area contributed by atoms with Gasteiger partial charge in [0.15, 0.2) is 5.17 Å². The van der Waals surface area contributed by atoms with E-state index in [9.17, 15) is 9.59 Å². The minimum absolute atomic E-state index is 0.197. The molecule has 0 spiro atoms. The Labute approximate surface area is 129 Å². The van der Waals surface area contributed by atoms with Crippen molar-refractivity contribution in [2.45, 2.75) is 64.0 Å². The number of nitrogens with zero attached hydrogens (tertiary/aromatic N) is 2. The quantitative estimate of drug-likeness (QED) is 0.506. The number of carbonyl (C=O) groups excluding carboxylic acids is 1. The number of amidine groups is 1. The molecule has 0 aromatic carbocycles. The number of carboxylic acid groups (broad SMARTS) is 1. The summed E-state index contributed by atoms with van der Waals surface area (Å²) in [6.07, 6.45) is 6.01. The SMILES string of the molecule is CCCCC(CCCC)=N/N=C1/NC(=O)[C@@H](CC(=O)O)S1. The molecule has 1 aliphatic rings. The number of unbranched alkanes of at least 4 members (excludes halogenated alkanes) is 2. The van der Waals surface area contributed by atoms with E-state index in [0.717, 1.165) is 56.0 Å². The first-order valence-corrected chi connectivity index (χ1v) is 8.27. The lowest BCUT2D eigenvalue weighted by molar-refractivity contribution is -0.138. The first kappa shape index (κ1) is 17.7. The lowest BCUT2D eigenvalue weighted by Gasteiger charge is -2.03. The van der Waals surface area contributed by atoms with Gasteiger partial charge < -0.3 is 10.4 Å². The van der Waals surface area contributed by atoms with Gasteiger partial charge in [-0.3, -0.25) is 9.59 Å². The summed E-state index contributed by atoms with van der Waals surface area (Å²) in [6, 6.07) is 0. The molecule has 2 N–H and O–H groups in total. The maximum Gasteiger partial charge on any atom is 0.305 e. The normalized spacial score (nSPS) is 19.6. The Bertz CT molecular complexity index is 425. The predicted octanol–water partition coefficient (Wildman–Crippen LogP) is 2.79. The van der Waals surface area contributed by atoms with Crippen molar-refractivity contribution in [3.63, 3.8) is 0 Å². The Kier molecular flexibility index (Phi) is 8.04. The van der Waals surface area contributed by atoms with Crippen LogP contribution in [0, 0.1) is 0 Å². The number of carboxylic acids is 1. The van der Waals surface area contributed by atoms with E-state index in [0.29, 0.717) is 5.17 Å². The fourth-order valence-electron chi connectivity index (χ4n) is 1.85. The zero-order valence-corrected chi connectivity index (χ0v) is 13.4. The van der Waals surface area contributed by atoms with Crippen molar-refractivity contribution in [2.24, 2.45) is 10.2 Å². The fourth-order valence-corrected chi connectivity index (χ4v) is 2.76. The Morgan fingerprint density at radius 1 is 1.29 bits per heavy atom. The number of hydrogen-bond acceptors (Lipinski definition) is 5. The molecule has 1 heterocycles. The average molecular weight is 313 g/mol. The Hall–Kier alpha value is -1.37. The molecule has 0 radical (unpaired) electrons. The minimum Gasteiger partial charge on any atom is -0.481 e. The van der Waals surface area contributed by atoms with Gasteiger partial charge in [0.1, 0.15) is 5.25 Å². The van der Waals surface area contributed by atoms with Crippen molar-refractivity contribution in [1.29, 1.82) is 0 Å². The molecule has 0 aromatic rings. The van der Waals surface area contributed by atoms with Crippen molar-refractivity contribution >= 4 is 34.5 Å². The van der Waals surface area contributed by atoms with E-state index in [4.69, 9.17) is 5.11 Å². The first-order valence-electron chi connectivity index (χ1n) is 7.39. The molecule has 1 fully saturated rings. The number of amides is 1. The lowest BCUT2D eigenvalue weighted by Crippen LogP contribution is -2.26. The second-order valence-electron chi connectivity index (χ2n) is 4.97. The van der Waals surface area contributed by atoms with Crippen molar-refractivity contribution in [1.82, 2.24) is 5.32 Å². The van der Waals surface area contributed by atoms with Gasteiger partial charge >= 0.3 is 5.97 Å². The number of aliphatic carboxylic acids is 1. The first-order chi connectivity index (χ1) is 10.1. The highest BCUT2D eigenvalue weighted by molar-refractivity contribution is 8.15. The van der Waals surface area contributed by atoms with E-state index >= 15 is 0 Å². The third-order valence-corrected chi connectivity index (χ3v) is 4.13. The third kappa shape index (κ3) is 6.75. The second kappa shape index (κ2) is 9.55. The van der Waals surface area contributed by atoms with Crippen LogP contribution >= 0.6 is 11.8 Å². The molecule has 1 rings (SSSR count). The molecule has 1 atom stereocenters. The van der Waals surface area contributed by atoms with Gasteiger partial charge in [0.25, 0.3) is 0 Å². The molecule has 0 saturated carbocycles. The molecule has 0 aromatic heterocycles. The van der Waals surface area contributed by atoms with Gasteiger partial charge in [-0.05, 0) is 25.7 Å². The summed E-state index contributed by atoms with van der Waals surface area (Å²) < 4.78 is 0. The van der Waals surface area contributed by atoms with Gasteiger partial charge in [0.2, 0.25) is 5.91 Å². The highest BCUT2D eigenvalue weighted by Gasteiger charge is 2.32. The zero-order valence-electron chi connectivity index (χ0n) is 12.6. The third-order valence-electron chi connectivity index (χ3n) is 3.06. The van der Waals surface area contributed by atoms with Crippen LogP contribution < -0.4 is 5.32 Å². The van der Waals surface area contributed by atoms with Crippen LogP contribution in [0.25, 0.3) is 0 Å². The second-order valence-corrected chi connectivity index (χ2v) is 6.16. The average Bonchev–Trinajstić information content (AvgIpc) is 2.77. The highest BCUT2D eigenvalue weighted by Crippen LogP contribution is 2.22. The summed E-state index contributed by atoms with van der Waals surface area (Å²) in [7, 11) is 0. The van der Waals surface area contributed by atoms with E-state index in [1.54, 1.807) is 0 Å². The molecule has 0 aliphatic carbocycles. The van der Waals surface area contributed by atoms with Gasteiger partial charge in [-0.1, -0.05) is 38.5 Å². The Balaban J connectivity index is 2.64. The summed E-state index contributed by atoms with van der Waals surface area (Å²) in [6.45, 7) is 4.26. The van der Waals surface area contributed by atoms with Crippen molar-refractivity contribution < 1.29 is 14.7 Å². The topological polar surface area (TPSA) is 91.1 Å². The standard InChI is InChI=1S/C14H23N3O3S/c1-3-5-7-10(8-6-4-2)16-17-14-15-13(20)11(21-14)9-12(18)19/h11H,3-9H2,1-2H3,(H,18,19)(H,15,17,20)/t11-/m1/s1. The fraction of sp³-hybridized carbons (Fsp3) is 0.714. The molecule has 21 heavy (non-hydrogen) atoms. The summed E-state index contributed by atoms with van der Waals surface area (Å²) in [4.78, 5) is 22.2. The maximum absolute atomic E-state index is 11.6. The monoisotopic (exact) mass is 313 g/mol. The van der Waals surface area contributed by atoms with E-state index in [2.05, 4.69) is 29.4 Å². The number of thioether (sulfide) groups is 1. The van der Waals surface area contributed by atoms with E-state index < -0.39 is 11.2 Å². The van der Waals surface area contributed by atoms with Crippen LogP contribution in [-0.2, 0) is 9.59 Å². The van der Waals surface area contributed by atoms with E-state index in [1.165, 1.54) is 0 Å². The summed E-state index contributed by atoms with van der Waals surface area (Å²) >= 11 is 1.14. The number of rotatable bonds is 9. The lowest BCUT2D eigenvalue weighted by atomic mass is 10.1. The van der Waals surface area contributed by atoms with Gasteiger partial charge in [-0.15, -0.1) is 5.10 Å². The molecule has 0 unspecified atom stereocenters. The largest absolute Gasteiger partial charge is 0.481 e.